The molecule has 0 spiro atoms. The molecule has 0 bridgehead atoms. The third-order valence-electron chi connectivity index (χ3n) is 7.86. The summed E-state index contributed by atoms with van der Waals surface area (Å²) < 4.78 is 12.2. The van der Waals surface area contributed by atoms with E-state index in [-0.39, 0.29) is 30.3 Å². The van der Waals surface area contributed by atoms with E-state index in [0.29, 0.717) is 37.2 Å². The third-order valence-corrected chi connectivity index (χ3v) is 7.86. The lowest BCUT2D eigenvalue weighted by molar-refractivity contribution is -0.130. The van der Waals surface area contributed by atoms with Gasteiger partial charge < -0.3 is 30.0 Å². The lowest BCUT2D eigenvalue weighted by Gasteiger charge is -2.29. The number of esters is 1. The van der Waals surface area contributed by atoms with Crippen molar-refractivity contribution in [2.45, 2.75) is 71.4 Å². The van der Waals surface area contributed by atoms with E-state index in [1.807, 2.05) is 63.2 Å². The standard InChI is InChI=1S/C34H44N4O6/c1-6-43-32(41)29-20-25-19-26(16-17-28(25)38(29)5)36-31(40)27(18-22-10-8-7-9-11-22)37-30(39)24-14-12-23(13-15-24)21-35-33(42)44-34(2,3)4/h7-11,16-17,19-20,23-24,27H,6,12-15,18,21H2,1-5H3,(H,35,42)(H,36,40)(H,37,39)/t23?,24?,27-/m0/s1. The number of aromatic nitrogens is 1. The number of nitrogens with zero attached hydrogens (tertiary/aromatic N) is 1. The Hall–Kier alpha value is -4.34. The van der Waals surface area contributed by atoms with Gasteiger partial charge in [0.1, 0.15) is 17.3 Å². The summed E-state index contributed by atoms with van der Waals surface area (Å²) in [6.45, 7) is 8.03. The number of carbonyl (C=O) groups excluding carboxylic acids is 4. The molecular formula is C34H44N4O6. The molecule has 4 rings (SSSR count). The average molecular weight is 605 g/mol. The molecule has 0 saturated heterocycles. The van der Waals surface area contributed by atoms with Crippen LogP contribution in [0.4, 0.5) is 10.5 Å². The van der Waals surface area contributed by atoms with Crippen molar-refractivity contribution >= 4 is 40.5 Å². The van der Waals surface area contributed by atoms with E-state index in [9.17, 15) is 19.2 Å². The van der Waals surface area contributed by atoms with Gasteiger partial charge in [-0.3, -0.25) is 9.59 Å². The summed E-state index contributed by atoms with van der Waals surface area (Å²) in [5.74, 6) is -0.806. The van der Waals surface area contributed by atoms with E-state index in [4.69, 9.17) is 9.47 Å². The van der Waals surface area contributed by atoms with Crippen molar-refractivity contribution in [3.8, 4) is 0 Å². The number of rotatable bonds is 10. The second-order valence-electron chi connectivity index (χ2n) is 12.4. The van der Waals surface area contributed by atoms with E-state index >= 15 is 0 Å². The zero-order valence-corrected chi connectivity index (χ0v) is 26.3. The quantitative estimate of drug-likeness (QED) is 0.268. The first-order valence-corrected chi connectivity index (χ1v) is 15.3. The first-order chi connectivity index (χ1) is 20.9. The fourth-order valence-electron chi connectivity index (χ4n) is 5.58. The van der Waals surface area contributed by atoms with Gasteiger partial charge in [-0.2, -0.15) is 0 Å². The van der Waals surface area contributed by atoms with Crippen molar-refractivity contribution in [2.24, 2.45) is 18.9 Å². The number of alkyl carbamates (subject to hydrolysis) is 1. The van der Waals surface area contributed by atoms with Gasteiger partial charge in [0.25, 0.3) is 0 Å². The van der Waals surface area contributed by atoms with Crippen molar-refractivity contribution < 1.29 is 28.7 Å². The number of hydrogen-bond donors (Lipinski definition) is 3. The molecule has 1 atom stereocenters. The van der Waals surface area contributed by atoms with E-state index in [1.54, 1.807) is 30.7 Å². The largest absolute Gasteiger partial charge is 0.461 e. The molecule has 3 aromatic rings. The Kier molecular flexibility index (Phi) is 10.7. The van der Waals surface area contributed by atoms with Crippen LogP contribution in [0.2, 0.25) is 0 Å². The Bertz CT molecular complexity index is 1470. The van der Waals surface area contributed by atoms with E-state index < -0.39 is 23.7 Å². The van der Waals surface area contributed by atoms with Gasteiger partial charge in [0.05, 0.1) is 6.61 Å². The average Bonchev–Trinajstić information content (AvgIpc) is 3.31. The first kappa shape index (κ1) is 32.6. The molecule has 1 saturated carbocycles. The molecule has 10 nitrogen and oxygen atoms in total. The number of nitrogens with one attached hydrogen (secondary N) is 3. The van der Waals surface area contributed by atoms with E-state index in [1.165, 1.54) is 0 Å². The SMILES string of the molecule is CCOC(=O)c1cc2cc(NC(=O)[C@H](Cc3ccccc3)NC(=O)C3CCC(CNC(=O)OC(C)(C)C)CC3)ccc2n1C. The fraction of sp³-hybridized carbons (Fsp3) is 0.471. The van der Waals surface area contributed by atoms with Gasteiger partial charge in [0.15, 0.2) is 0 Å². The minimum atomic E-state index is -0.780. The molecule has 1 heterocycles. The van der Waals surface area contributed by atoms with Crippen molar-refractivity contribution in [1.82, 2.24) is 15.2 Å². The number of carbonyl (C=O) groups is 4. The summed E-state index contributed by atoms with van der Waals surface area (Å²) in [6, 6.07) is 16.0. The molecule has 0 aliphatic heterocycles. The summed E-state index contributed by atoms with van der Waals surface area (Å²) in [5, 5.41) is 9.61. The molecule has 0 radical (unpaired) electrons. The molecule has 2 aromatic carbocycles. The summed E-state index contributed by atoms with van der Waals surface area (Å²) in [4.78, 5) is 51.3. The molecule has 0 unspecified atom stereocenters. The fourth-order valence-corrected chi connectivity index (χ4v) is 5.58. The van der Waals surface area contributed by atoms with Crippen molar-refractivity contribution in [3.05, 3.63) is 65.9 Å². The van der Waals surface area contributed by atoms with Crippen LogP contribution < -0.4 is 16.0 Å². The minimum absolute atomic E-state index is 0.141. The number of fused-ring (bicyclic) bond motifs is 1. The van der Waals surface area contributed by atoms with Gasteiger partial charge in [0.2, 0.25) is 11.8 Å². The maximum Gasteiger partial charge on any atom is 0.407 e. The molecule has 3 amide bonds. The van der Waals surface area contributed by atoms with Gasteiger partial charge >= 0.3 is 12.1 Å². The Morgan fingerprint density at radius 3 is 2.34 bits per heavy atom. The Labute approximate surface area is 258 Å². The molecule has 44 heavy (non-hydrogen) atoms. The summed E-state index contributed by atoms with van der Waals surface area (Å²) in [7, 11) is 1.79. The van der Waals surface area contributed by atoms with Crippen LogP contribution in [0, 0.1) is 11.8 Å². The van der Waals surface area contributed by atoms with Crippen molar-refractivity contribution in [1.29, 1.82) is 0 Å². The number of amides is 3. The highest BCUT2D eigenvalue weighted by Crippen LogP contribution is 2.29. The second kappa shape index (κ2) is 14.4. The van der Waals surface area contributed by atoms with E-state index in [2.05, 4.69) is 16.0 Å². The van der Waals surface area contributed by atoms with E-state index in [0.717, 1.165) is 29.3 Å². The van der Waals surface area contributed by atoms with Gasteiger partial charge in [-0.25, -0.2) is 9.59 Å². The van der Waals surface area contributed by atoms with Crippen LogP contribution in [-0.2, 0) is 32.5 Å². The van der Waals surface area contributed by atoms with Crippen molar-refractivity contribution in [2.75, 3.05) is 18.5 Å². The lowest BCUT2D eigenvalue weighted by atomic mass is 9.81. The second-order valence-corrected chi connectivity index (χ2v) is 12.4. The molecule has 10 heteroatoms. The van der Waals surface area contributed by atoms with Crippen LogP contribution in [0.25, 0.3) is 10.9 Å². The number of benzene rings is 2. The lowest BCUT2D eigenvalue weighted by Crippen LogP contribution is -2.48. The predicted octanol–water partition coefficient (Wildman–Crippen LogP) is 5.35. The third kappa shape index (κ3) is 8.84. The molecule has 3 N–H and O–H groups in total. The van der Waals surface area contributed by atoms with Crippen LogP contribution in [-0.4, -0.2) is 53.2 Å². The zero-order chi connectivity index (χ0) is 31.9. The van der Waals surface area contributed by atoms with Crippen LogP contribution in [0.1, 0.15) is 69.4 Å². The van der Waals surface area contributed by atoms with Gasteiger partial charge in [0, 0.05) is 42.5 Å². The maximum absolute atomic E-state index is 13.6. The maximum atomic E-state index is 13.6. The molecule has 1 aliphatic carbocycles. The van der Waals surface area contributed by atoms with Gasteiger partial charge in [-0.1, -0.05) is 30.3 Å². The number of anilines is 1. The Morgan fingerprint density at radius 1 is 0.977 bits per heavy atom. The molecule has 236 valence electrons. The Balaban J connectivity index is 1.39. The summed E-state index contributed by atoms with van der Waals surface area (Å²) in [5.41, 5.74) is 2.20. The van der Waals surface area contributed by atoms with Crippen LogP contribution in [0.15, 0.2) is 54.6 Å². The van der Waals surface area contributed by atoms with Gasteiger partial charge in [-0.05, 0) is 89.1 Å². The normalized spacial score (nSPS) is 17.4. The highest BCUT2D eigenvalue weighted by atomic mass is 16.6. The van der Waals surface area contributed by atoms with Crippen molar-refractivity contribution in [3.63, 3.8) is 0 Å². The minimum Gasteiger partial charge on any atom is -0.461 e. The highest BCUT2D eigenvalue weighted by molar-refractivity contribution is 6.01. The highest BCUT2D eigenvalue weighted by Gasteiger charge is 2.30. The monoisotopic (exact) mass is 604 g/mol. The molecule has 1 aromatic heterocycles. The Morgan fingerprint density at radius 2 is 1.68 bits per heavy atom. The molecular weight excluding hydrogens is 560 g/mol. The summed E-state index contributed by atoms with van der Waals surface area (Å²) in [6.07, 6.45) is 2.87. The van der Waals surface area contributed by atoms with Crippen LogP contribution >= 0.6 is 0 Å². The predicted molar refractivity (Wildman–Crippen MR) is 169 cm³/mol. The number of ether oxygens (including phenoxy) is 2. The molecule has 1 fully saturated rings. The first-order valence-electron chi connectivity index (χ1n) is 15.3. The van der Waals surface area contributed by atoms with Crippen LogP contribution in [0.3, 0.4) is 0 Å². The van der Waals surface area contributed by atoms with Crippen LogP contribution in [0.5, 0.6) is 0 Å². The smallest absolute Gasteiger partial charge is 0.407 e. The zero-order valence-electron chi connectivity index (χ0n) is 26.3. The number of aryl methyl sites for hydroxylation is 1. The number of hydrogen-bond acceptors (Lipinski definition) is 6. The topological polar surface area (TPSA) is 128 Å². The molecule has 1 aliphatic rings. The summed E-state index contributed by atoms with van der Waals surface area (Å²) >= 11 is 0. The van der Waals surface area contributed by atoms with Gasteiger partial charge in [-0.15, -0.1) is 0 Å².